The molecule has 0 N–H and O–H groups in total. The molecule has 1 atom stereocenters. The molecular weight excluding hydrogens is 412 g/mol. The number of ether oxygens (including phenoxy) is 1. The fourth-order valence-electron chi connectivity index (χ4n) is 4.09. The van der Waals surface area contributed by atoms with Crippen molar-refractivity contribution in [1.82, 2.24) is 14.5 Å². The van der Waals surface area contributed by atoms with Crippen molar-refractivity contribution in [3.63, 3.8) is 0 Å². The topological polar surface area (TPSA) is 47.4 Å². The average Bonchev–Trinajstić information content (AvgIpc) is 3.22. The summed E-state index contributed by atoms with van der Waals surface area (Å²) in [4.78, 5) is 19.0. The van der Waals surface area contributed by atoms with E-state index in [1.807, 2.05) is 42.0 Å². The van der Waals surface area contributed by atoms with Crippen LogP contribution < -0.4 is 4.74 Å². The minimum Gasteiger partial charge on any atom is -0.495 e. The summed E-state index contributed by atoms with van der Waals surface area (Å²) in [7, 11) is 1.60. The molecule has 1 aromatic heterocycles. The zero-order valence-electron chi connectivity index (χ0n) is 18.3. The molecule has 4 rings (SSSR count). The van der Waals surface area contributed by atoms with E-state index >= 15 is 0 Å². The van der Waals surface area contributed by atoms with Crippen LogP contribution in [0.25, 0.3) is 11.8 Å². The maximum absolute atomic E-state index is 14.3. The number of methoxy groups -OCH3 is 1. The lowest BCUT2D eigenvalue weighted by Crippen LogP contribution is -2.39. The Morgan fingerprint density at radius 3 is 2.72 bits per heavy atom. The van der Waals surface area contributed by atoms with Crippen LogP contribution >= 0.6 is 0 Å². The van der Waals surface area contributed by atoms with Gasteiger partial charge in [0.2, 0.25) is 5.91 Å². The summed E-state index contributed by atoms with van der Waals surface area (Å²) < 4.78 is 35.4. The Bertz CT molecular complexity index is 1190. The normalized spacial score (nSPS) is 16.5. The molecule has 7 heteroatoms. The van der Waals surface area contributed by atoms with Gasteiger partial charge in [-0.15, -0.1) is 0 Å². The fourth-order valence-corrected chi connectivity index (χ4v) is 4.09. The second-order valence-corrected chi connectivity index (χ2v) is 7.97. The third-order valence-corrected chi connectivity index (χ3v) is 5.79. The molecule has 0 radical (unpaired) electrons. The van der Waals surface area contributed by atoms with E-state index in [-0.39, 0.29) is 11.5 Å². The van der Waals surface area contributed by atoms with Crippen LogP contribution in [0, 0.1) is 18.6 Å². The number of hydrogen-bond donors (Lipinski definition) is 0. The van der Waals surface area contributed by atoms with E-state index < -0.39 is 17.7 Å². The predicted octanol–water partition coefficient (Wildman–Crippen LogP) is 5.23. The molecule has 1 aliphatic heterocycles. The highest BCUT2D eigenvalue weighted by Crippen LogP contribution is 2.31. The highest BCUT2D eigenvalue weighted by molar-refractivity contribution is 5.98. The molecule has 0 aliphatic carbocycles. The van der Waals surface area contributed by atoms with Gasteiger partial charge in [-0.3, -0.25) is 4.79 Å². The maximum Gasteiger partial charge on any atom is 0.250 e. The van der Waals surface area contributed by atoms with Crippen molar-refractivity contribution in [3.05, 3.63) is 83.0 Å². The maximum atomic E-state index is 14.3. The molecule has 32 heavy (non-hydrogen) atoms. The van der Waals surface area contributed by atoms with Crippen LogP contribution in [0.15, 0.2) is 54.5 Å². The quantitative estimate of drug-likeness (QED) is 0.513. The first-order valence-corrected chi connectivity index (χ1v) is 10.5. The van der Waals surface area contributed by atoms with Crippen molar-refractivity contribution >= 4 is 12.0 Å². The number of imidazole rings is 1. The minimum atomic E-state index is -0.566. The molecule has 0 unspecified atom stereocenters. The van der Waals surface area contributed by atoms with Crippen LogP contribution in [0.1, 0.15) is 42.6 Å². The largest absolute Gasteiger partial charge is 0.495 e. The Kier molecular flexibility index (Phi) is 6.08. The van der Waals surface area contributed by atoms with E-state index in [0.717, 1.165) is 41.6 Å². The van der Waals surface area contributed by atoms with Gasteiger partial charge in [-0.05, 0) is 68.7 Å². The van der Waals surface area contributed by atoms with Gasteiger partial charge in [0.1, 0.15) is 17.4 Å². The highest BCUT2D eigenvalue weighted by Gasteiger charge is 2.29. The number of aryl methyl sites for hydroxylation is 1. The monoisotopic (exact) mass is 437 g/mol. The molecule has 1 aliphatic rings. The number of halogens is 2. The Hall–Kier alpha value is -3.48. The molecule has 0 saturated carbocycles. The Labute approximate surface area is 186 Å². The molecule has 2 heterocycles. The molecular formula is C25H25F2N3O2. The lowest BCUT2D eigenvalue weighted by molar-refractivity contribution is -0.130. The Morgan fingerprint density at radius 1 is 1.19 bits per heavy atom. The molecule has 1 amide bonds. The van der Waals surface area contributed by atoms with Crippen LogP contribution in [0.4, 0.5) is 8.78 Å². The Morgan fingerprint density at radius 2 is 2.00 bits per heavy atom. The summed E-state index contributed by atoms with van der Waals surface area (Å²) in [5, 5.41) is 0. The van der Waals surface area contributed by atoms with Gasteiger partial charge in [0.25, 0.3) is 0 Å². The van der Waals surface area contributed by atoms with Gasteiger partial charge >= 0.3 is 0 Å². The number of piperidine rings is 1. The SMILES string of the molecule is COc1cc(C=C2CCCN([C@@H](C)c3cc(F)ccc3F)C2=O)ccc1-n1cnc(C)c1. The number of benzene rings is 2. The predicted molar refractivity (Wildman–Crippen MR) is 119 cm³/mol. The first-order chi connectivity index (χ1) is 15.4. The number of carbonyl (C=O) groups excluding carboxylic acids is 1. The molecule has 1 fully saturated rings. The minimum absolute atomic E-state index is 0.166. The van der Waals surface area contributed by atoms with Crippen LogP contribution in [0.3, 0.4) is 0 Å². The molecule has 166 valence electrons. The zero-order valence-corrected chi connectivity index (χ0v) is 18.3. The molecule has 1 saturated heterocycles. The highest BCUT2D eigenvalue weighted by atomic mass is 19.1. The summed E-state index contributed by atoms with van der Waals surface area (Å²) in [5.74, 6) is -0.542. The van der Waals surface area contributed by atoms with E-state index in [1.54, 1.807) is 25.3 Å². The van der Waals surface area contributed by atoms with Crippen molar-refractivity contribution in [2.75, 3.05) is 13.7 Å². The number of nitrogens with zero attached hydrogens (tertiary/aromatic N) is 3. The molecule has 0 spiro atoms. The second kappa shape index (κ2) is 8.94. The van der Waals surface area contributed by atoms with E-state index in [0.29, 0.717) is 24.3 Å². The number of aromatic nitrogens is 2. The third-order valence-electron chi connectivity index (χ3n) is 5.79. The summed E-state index contributed by atoms with van der Waals surface area (Å²) in [6, 6.07) is 8.48. The molecule has 2 aromatic carbocycles. The van der Waals surface area contributed by atoms with E-state index in [9.17, 15) is 13.6 Å². The average molecular weight is 437 g/mol. The van der Waals surface area contributed by atoms with Crippen molar-refractivity contribution in [2.45, 2.75) is 32.7 Å². The van der Waals surface area contributed by atoms with Gasteiger partial charge in [-0.25, -0.2) is 13.8 Å². The van der Waals surface area contributed by atoms with E-state index in [4.69, 9.17) is 4.74 Å². The van der Waals surface area contributed by atoms with Gasteiger partial charge in [0, 0.05) is 23.9 Å². The van der Waals surface area contributed by atoms with Gasteiger partial charge in [-0.2, -0.15) is 0 Å². The van der Waals surface area contributed by atoms with Gasteiger partial charge < -0.3 is 14.2 Å². The van der Waals surface area contributed by atoms with Crippen LogP contribution in [0.5, 0.6) is 5.75 Å². The first kappa shape index (κ1) is 21.7. The molecule has 0 bridgehead atoms. The summed E-state index contributed by atoms with van der Waals surface area (Å²) in [6.45, 7) is 4.14. The van der Waals surface area contributed by atoms with Gasteiger partial charge in [0.15, 0.2) is 0 Å². The molecule has 3 aromatic rings. The lowest BCUT2D eigenvalue weighted by atomic mass is 9.97. The van der Waals surface area contributed by atoms with Crippen molar-refractivity contribution < 1.29 is 18.3 Å². The number of hydrogen-bond acceptors (Lipinski definition) is 3. The summed E-state index contributed by atoms with van der Waals surface area (Å²) in [5.41, 5.74) is 3.39. The first-order valence-electron chi connectivity index (χ1n) is 10.5. The fraction of sp³-hybridized carbons (Fsp3) is 0.280. The van der Waals surface area contributed by atoms with Gasteiger partial charge in [-0.1, -0.05) is 6.07 Å². The second-order valence-electron chi connectivity index (χ2n) is 7.97. The lowest BCUT2D eigenvalue weighted by Gasteiger charge is -2.34. The van der Waals surface area contributed by atoms with Crippen molar-refractivity contribution in [3.8, 4) is 11.4 Å². The van der Waals surface area contributed by atoms with E-state index in [2.05, 4.69) is 4.98 Å². The third kappa shape index (κ3) is 4.28. The number of likely N-dealkylation sites (tertiary alicyclic amines) is 1. The van der Waals surface area contributed by atoms with E-state index in [1.165, 1.54) is 0 Å². The van der Waals surface area contributed by atoms with Crippen LogP contribution in [-0.4, -0.2) is 34.0 Å². The standard InChI is InChI=1S/C25H25F2N3O2/c1-16-14-29(15-28-16)23-9-6-18(12-24(23)32-3)11-19-5-4-10-30(25(19)31)17(2)21-13-20(26)7-8-22(21)27/h6-9,11-15,17H,4-5,10H2,1-3H3/t17-/m0/s1. The summed E-state index contributed by atoms with van der Waals surface area (Å²) >= 11 is 0. The van der Waals surface area contributed by atoms with Crippen LogP contribution in [0.2, 0.25) is 0 Å². The number of amides is 1. The Balaban J connectivity index is 1.61. The number of rotatable bonds is 5. The number of carbonyl (C=O) groups is 1. The van der Waals surface area contributed by atoms with Crippen molar-refractivity contribution in [2.24, 2.45) is 0 Å². The van der Waals surface area contributed by atoms with Gasteiger partial charge in [0.05, 0.1) is 30.9 Å². The smallest absolute Gasteiger partial charge is 0.250 e. The zero-order chi connectivity index (χ0) is 22.8. The molecule has 5 nitrogen and oxygen atoms in total. The summed E-state index contributed by atoms with van der Waals surface area (Å²) in [6.07, 6.45) is 6.85. The van der Waals surface area contributed by atoms with Crippen LogP contribution in [-0.2, 0) is 4.79 Å². The van der Waals surface area contributed by atoms with Crippen molar-refractivity contribution in [1.29, 1.82) is 0 Å².